The molecule has 122 valence electrons. The van der Waals surface area contributed by atoms with Gasteiger partial charge in [-0.15, -0.1) is 0 Å². The first-order valence-electron chi connectivity index (χ1n) is 7.19. The van der Waals surface area contributed by atoms with Crippen molar-refractivity contribution in [3.63, 3.8) is 0 Å². The van der Waals surface area contributed by atoms with E-state index in [-0.39, 0.29) is 15.9 Å². The lowest BCUT2D eigenvalue weighted by Gasteiger charge is -2.36. The van der Waals surface area contributed by atoms with Crippen LogP contribution in [0.25, 0.3) is 0 Å². The Morgan fingerprint density at radius 2 is 1.83 bits per heavy atom. The van der Waals surface area contributed by atoms with E-state index in [9.17, 15) is 9.18 Å². The standard InChI is InChI=1S/C15H15Cl2FN4O/c16-11-9-19-22(15(23)14(11)17)10-20-5-7-21(8-6-20)13-4-2-1-3-12(13)18/h1-4,9H,5-8,10H2. The molecule has 8 heteroatoms. The second-order valence-corrected chi connectivity index (χ2v) is 6.09. The summed E-state index contributed by atoms with van der Waals surface area (Å²) in [6, 6.07) is 6.73. The van der Waals surface area contributed by atoms with Gasteiger partial charge in [-0.05, 0) is 12.1 Å². The molecule has 1 aromatic carbocycles. The van der Waals surface area contributed by atoms with Gasteiger partial charge in [-0.25, -0.2) is 9.07 Å². The monoisotopic (exact) mass is 356 g/mol. The normalized spacial score (nSPS) is 15.9. The minimum Gasteiger partial charge on any atom is -0.367 e. The fourth-order valence-corrected chi connectivity index (χ4v) is 2.84. The predicted molar refractivity (Wildman–Crippen MR) is 88.7 cm³/mol. The van der Waals surface area contributed by atoms with E-state index in [0.717, 1.165) is 0 Å². The molecule has 0 saturated carbocycles. The molecule has 0 spiro atoms. The van der Waals surface area contributed by atoms with Crippen LogP contribution < -0.4 is 10.5 Å². The summed E-state index contributed by atoms with van der Waals surface area (Å²) >= 11 is 11.6. The zero-order valence-corrected chi connectivity index (χ0v) is 13.8. The molecule has 3 rings (SSSR count). The van der Waals surface area contributed by atoms with Crippen molar-refractivity contribution in [3.8, 4) is 0 Å². The highest BCUT2D eigenvalue weighted by Gasteiger charge is 2.20. The molecular weight excluding hydrogens is 342 g/mol. The summed E-state index contributed by atoms with van der Waals surface area (Å²) in [5, 5.41) is 4.13. The van der Waals surface area contributed by atoms with Crippen molar-refractivity contribution < 1.29 is 4.39 Å². The Hall–Kier alpha value is -1.63. The van der Waals surface area contributed by atoms with E-state index < -0.39 is 5.56 Å². The summed E-state index contributed by atoms with van der Waals surface area (Å²) in [6.07, 6.45) is 1.36. The van der Waals surface area contributed by atoms with Gasteiger partial charge in [0.1, 0.15) is 10.8 Å². The summed E-state index contributed by atoms with van der Waals surface area (Å²) < 4.78 is 15.1. The molecule has 1 aliphatic rings. The molecule has 2 heterocycles. The smallest absolute Gasteiger partial charge is 0.288 e. The molecule has 0 radical (unpaired) electrons. The summed E-state index contributed by atoms with van der Waals surface area (Å²) in [7, 11) is 0. The quantitative estimate of drug-likeness (QED) is 0.847. The number of piperazine rings is 1. The molecule has 1 aromatic heterocycles. The summed E-state index contributed by atoms with van der Waals surface area (Å²) in [5.41, 5.74) is 0.202. The van der Waals surface area contributed by atoms with Gasteiger partial charge in [0.15, 0.2) is 0 Å². The van der Waals surface area contributed by atoms with E-state index in [4.69, 9.17) is 23.2 Å². The van der Waals surface area contributed by atoms with E-state index >= 15 is 0 Å². The van der Waals surface area contributed by atoms with Crippen molar-refractivity contribution in [1.82, 2.24) is 14.7 Å². The van der Waals surface area contributed by atoms with E-state index in [0.29, 0.717) is 38.5 Å². The molecule has 0 atom stereocenters. The molecule has 1 fully saturated rings. The molecule has 0 aliphatic carbocycles. The third kappa shape index (κ3) is 3.49. The van der Waals surface area contributed by atoms with Crippen LogP contribution in [0.3, 0.4) is 0 Å². The second-order valence-electron chi connectivity index (χ2n) is 5.31. The zero-order chi connectivity index (χ0) is 16.4. The number of para-hydroxylation sites is 1. The van der Waals surface area contributed by atoms with Gasteiger partial charge in [0.25, 0.3) is 5.56 Å². The van der Waals surface area contributed by atoms with Gasteiger partial charge in [0.2, 0.25) is 0 Å². The number of nitrogens with zero attached hydrogens (tertiary/aromatic N) is 4. The lowest BCUT2D eigenvalue weighted by atomic mass is 10.2. The highest BCUT2D eigenvalue weighted by atomic mass is 35.5. The van der Waals surface area contributed by atoms with Gasteiger partial charge in [0.05, 0.1) is 23.6 Å². The lowest BCUT2D eigenvalue weighted by Crippen LogP contribution is -2.48. The van der Waals surface area contributed by atoms with Crippen LogP contribution in [0.5, 0.6) is 0 Å². The maximum atomic E-state index is 13.8. The molecule has 5 nitrogen and oxygen atoms in total. The van der Waals surface area contributed by atoms with Crippen molar-refractivity contribution in [3.05, 3.63) is 56.7 Å². The van der Waals surface area contributed by atoms with Gasteiger partial charge in [-0.1, -0.05) is 35.3 Å². The average molecular weight is 357 g/mol. The minimum atomic E-state index is -0.407. The predicted octanol–water partition coefficient (Wildman–Crippen LogP) is 2.47. The number of benzene rings is 1. The van der Waals surface area contributed by atoms with Gasteiger partial charge < -0.3 is 4.90 Å². The Kier molecular flexibility index (Phi) is 4.84. The SMILES string of the molecule is O=c1c(Cl)c(Cl)cnn1CN1CCN(c2ccccc2F)CC1. The Morgan fingerprint density at radius 3 is 2.52 bits per heavy atom. The van der Waals surface area contributed by atoms with Crippen molar-refractivity contribution in [2.24, 2.45) is 0 Å². The fraction of sp³-hybridized carbons (Fsp3) is 0.333. The number of hydrogen-bond acceptors (Lipinski definition) is 4. The third-order valence-corrected chi connectivity index (χ3v) is 4.59. The topological polar surface area (TPSA) is 41.4 Å². The van der Waals surface area contributed by atoms with Gasteiger partial charge in [0, 0.05) is 26.2 Å². The van der Waals surface area contributed by atoms with E-state index in [1.165, 1.54) is 16.9 Å². The van der Waals surface area contributed by atoms with Crippen LogP contribution >= 0.6 is 23.2 Å². The Bertz CT molecular complexity index is 759. The Balaban J connectivity index is 1.65. The summed E-state index contributed by atoms with van der Waals surface area (Å²) in [5.74, 6) is -0.219. The van der Waals surface area contributed by atoms with Gasteiger partial charge >= 0.3 is 0 Å². The van der Waals surface area contributed by atoms with Crippen LogP contribution in [-0.4, -0.2) is 40.9 Å². The molecule has 0 unspecified atom stereocenters. The number of rotatable bonds is 3. The summed E-state index contributed by atoms with van der Waals surface area (Å²) in [4.78, 5) is 16.1. The van der Waals surface area contributed by atoms with Crippen LogP contribution in [0.4, 0.5) is 10.1 Å². The number of halogens is 3. The van der Waals surface area contributed by atoms with Gasteiger partial charge in [-0.2, -0.15) is 5.10 Å². The Morgan fingerprint density at radius 1 is 1.13 bits per heavy atom. The van der Waals surface area contributed by atoms with Crippen LogP contribution in [0.15, 0.2) is 35.3 Å². The van der Waals surface area contributed by atoms with Crippen LogP contribution in [-0.2, 0) is 6.67 Å². The van der Waals surface area contributed by atoms with Crippen LogP contribution in [0.1, 0.15) is 0 Å². The molecule has 23 heavy (non-hydrogen) atoms. The molecule has 0 bridgehead atoms. The third-order valence-electron chi connectivity index (χ3n) is 3.84. The van der Waals surface area contributed by atoms with Crippen LogP contribution in [0, 0.1) is 5.82 Å². The van der Waals surface area contributed by atoms with Crippen molar-refractivity contribution >= 4 is 28.9 Å². The fourth-order valence-electron chi connectivity index (χ4n) is 2.57. The maximum absolute atomic E-state index is 13.8. The molecule has 0 N–H and O–H groups in total. The van der Waals surface area contributed by atoms with Crippen molar-refractivity contribution in [2.45, 2.75) is 6.67 Å². The molecular formula is C15H15Cl2FN4O. The van der Waals surface area contributed by atoms with Crippen molar-refractivity contribution in [1.29, 1.82) is 0 Å². The molecule has 2 aromatic rings. The van der Waals surface area contributed by atoms with Gasteiger partial charge in [-0.3, -0.25) is 9.69 Å². The molecule has 1 saturated heterocycles. The lowest BCUT2D eigenvalue weighted by molar-refractivity contribution is 0.191. The largest absolute Gasteiger partial charge is 0.367 e. The minimum absolute atomic E-state index is 0.0216. The Labute approximate surface area is 142 Å². The van der Waals surface area contributed by atoms with Crippen molar-refractivity contribution in [2.75, 3.05) is 31.1 Å². The van der Waals surface area contributed by atoms with E-state index in [1.54, 1.807) is 12.1 Å². The summed E-state index contributed by atoms with van der Waals surface area (Å²) in [6.45, 7) is 3.08. The first kappa shape index (κ1) is 16.2. The first-order valence-corrected chi connectivity index (χ1v) is 7.95. The highest BCUT2D eigenvalue weighted by molar-refractivity contribution is 6.41. The van der Waals surface area contributed by atoms with Crippen LogP contribution in [0.2, 0.25) is 10.0 Å². The second kappa shape index (κ2) is 6.86. The van der Waals surface area contributed by atoms with E-state index in [1.807, 2.05) is 11.0 Å². The number of aromatic nitrogens is 2. The number of anilines is 1. The highest BCUT2D eigenvalue weighted by Crippen LogP contribution is 2.20. The number of hydrogen-bond donors (Lipinski definition) is 0. The van der Waals surface area contributed by atoms with E-state index in [2.05, 4.69) is 10.00 Å². The maximum Gasteiger partial charge on any atom is 0.288 e. The first-order chi connectivity index (χ1) is 11.1. The average Bonchev–Trinajstić information content (AvgIpc) is 2.57. The molecule has 1 aliphatic heterocycles. The molecule has 0 amide bonds. The zero-order valence-electron chi connectivity index (χ0n) is 12.3.